The molecular weight excluding hydrogens is 264 g/mol. The summed E-state index contributed by atoms with van der Waals surface area (Å²) in [6, 6.07) is 1.23. The third-order valence-corrected chi connectivity index (χ3v) is 2.74. The Labute approximate surface area is 105 Å². The Morgan fingerprint density at radius 1 is 1.58 bits per heavy atom. The molecule has 1 aliphatic heterocycles. The molecule has 4 N–H and O–H groups in total. The minimum Gasteiger partial charge on any atom is -0.394 e. The summed E-state index contributed by atoms with van der Waals surface area (Å²) in [6.07, 6.45) is -5.48. The smallest absolute Gasteiger partial charge is 0.351 e. The number of aliphatic hydroxyl groups excluding tert-OH is 2. The molecule has 0 bridgehead atoms. The number of hydrogen-bond donors (Lipinski definition) is 3. The number of ether oxygens (including phenoxy) is 1. The van der Waals surface area contributed by atoms with Crippen molar-refractivity contribution in [1.29, 1.82) is 0 Å². The molecule has 0 aliphatic carbocycles. The average molecular weight is 275 g/mol. The molecule has 104 valence electrons. The van der Waals surface area contributed by atoms with E-state index in [0.29, 0.717) is 0 Å². The SMILES string of the molecule is Nc1ccn(C2OC(CO)C(O)C2=C(F)F)c(=O)n1. The van der Waals surface area contributed by atoms with Crippen molar-refractivity contribution >= 4 is 5.82 Å². The van der Waals surface area contributed by atoms with E-state index in [1.165, 1.54) is 6.07 Å². The first-order valence-corrected chi connectivity index (χ1v) is 5.29. The Morgan fingerprint density at radius 3 is 2.79 bits per heavy atom. The second-order valence-corrected chi connectivity index (χ2v) is 3.91. The van der Waals surface area contributed by atoms with Gasteiger partial charge in [-0.3, -0.25) is 4.57 Å². The van der Waals surface area contributed by atoms with Crippen molar-refractivity contribution in [2.75, 3.05) is 12.3 Å². The molecule has 2 heterocycles. The molecule has 0 saturated carbocycles. The summed E-state index contributed by atoms with van der Waals surface area (Å²) >= 11 is 0. The summed E-state index contributed by atoms with van der Waals surface area (Å²) in [4.78, 5) is 15.0. The van der Waals surface area contributed by atoms with Gasteiger partial charge in [-0.15, -0.1) is 0 Å². The number of hydrogen-bond acceptors (Lipinski definition) is 6. The number of nitrogen functional groups attached to an aromatic ring is 1. The first kappa shape index (κ1) is 13.6. The summed E-state index contributed by atoms with van der Waals surface area (Å²) in [7, 11) is 0. The topological polar surface area (TPSA) is 111 Å². The Hall–Kier alpha value is -1.84. The molecule has 0 radical (unpaired) electrons. The number of halogens is 2. The molecule has 1 fully saturated rings. The van der Waals surface area contributed by atoms with Crippen LogP contribution in [0.15, 0.2) is 28.7 Å². The molecule has 7 nitrogen and oxygen atoms in total. The van der Waals surface area contributed by atoms with Gasteiger partial charge in [0, 0.05) is 6.20 Å². The van der Waals surface area contributed by atoms with Crippen molar-refractivity contribution < 1.29 is 23.7 Å². The van der Waals surface area contributed by atoms with E-state index in [0.717, 1.165) is 10.8 Å². The van der Waals surface area contributed by atoms with Crippen molar-refractivity contribution in [2.24, 2.45) is 0 Å². The normalized spacial score (nSPS) is 26.7. The van der Waals surface area contributed by atoms with Gasteiger partial charge in [0.05, 0.1) is 12.2 Å². The molecule has 0 spiro atoms. The quantitative estimate of drug-likeness (QED) is 0.653. The summed E-state index contributed by atoms with van der Waals surface area (Å²) in [5.74, 6) is -0.0650. The average Bonchev–Trinajstić information content (AvgIpc) is 2.66. The van der Waals surface area contributed by atoms with E-state index in [9.17, 15) is 18.7 Å². The van der Waals surface area contributed by atoms with Crippen LogP contribution >= 0.6 is 0 Å². The summed E-state index contributed by atoms with van der Waals surface area (Å²) in [5.41, 5.74) is 3.62. The van der Waals surface area contributed by atoms with E-state index in [-0.39, 0.29) is 5.82 Å². The van der Waals surface area contributed by atoms with E-state index < -0.39 is 42.4 Å². The van der Waals surface area contributed by atoms with Gasteiger partial charge in [-0.1, -0.05) is 0 Å². The van der Waals surface area contributed by atoms with Crippen LogP contribution < -0.4 is 11.4 Å². The second kappa shape index (κ2) is 5.03. The second-order valence-electron chi connectivity index (χ2n) is 3.91. The third kappa shape index (κ3) is 2.35. The lowest BCUT2D eigenvalue weighted by Gasteiger charge is -2.14. The van der Waals surface area contributed by atoms with Gasteiger partial charge in [-0.05, 0) is 6.07 Å². The fourth-order valence-electron chi connectivity index (χ4n) is 1.83. The monoisotopic (exact) mass is 275 g/mol. The van der Waals surface area contributed by atoms with Gasteiger partial charge < -0.3 is 20.7 Å². The lowest BCUT2D eigenvalue weighted by molar-refractivity contribution is -0.0448. The zero-order valence-corrected chi connectivity index (χ0v) is 9.53. The van der Waals surface area contributed by atoms with Gasteiger partial charge >= 0.3 is 5.69 Å². The predicted octanol–water partition coefficient (Wildman–Crippen LogP) is -0.773. The molecule has 1 aromatic rings. The Kier molecular flexibility index (Phi) is 3.60. The van der Waals surface area contributed by atoms with Crippen molar-refractivity contribution in [3.63, 3.8) is 0 Å². The molecule has 0 amide bonds. The van der Waals surface area contributed by atoms with Crippen LogP contribution in [0.1, 0.15) is 6.23 Å². The van der Waals surface area contributed by atoms with Gasteiger partial charge in [0.1, 0.15) is 18.0 Å². The molecule has 3 unspecified atom stereocenters. The Bertz CT molecular complexity index is 570. The van der Waals surface area contributed by atoms with Gasteiger partial charge in [0.2, 0.25) is 0 Å². The van der Waals surface area contributed by atoms with Crippen LogP contribution in [0.25, 0.3) is 0 Å². The third-order valence-electron chi connectivity index (χ3n) is 2.74. The fraction of sp³-hybridized carbons (Fsp3) is 0.400. The van der Waals surface area contributed by atoms with Crippen molar-refractivity contribution in [2.45, 2.75) is 18.4 Å². The highest BCUT2D eigenvalue weighted by atomic mass is 19.3. The highest BCUT2D eigenvalue weighted by molar-refractivity contribution is 5.25. The van der Waals surface area contributed by atoms with E-state index >= 15 is 0 Å². The maximum Gasteiger partial charge on any atom is 0.351 e. The van der Waals surface area contributed by atoms with Gasteiger partial charge in [-0.25, -0.2) is 4.79 Å². The predicted molar refractivity (Wildman–Crippen MR) is 59.2 cm³/mol. The Balaban J connectivity index is 2.49. The summed E-state index contributed by atoms with van der Waals surface area (Å²) in [6.45, 7) is -0.661. The summed E-state index contributed by atoms with van der Waals surface area (Å²) in [5, 5.41) is 18.6. The van der Waals surface area contributed by atoms with Crippen LogP contribution in [-0.2, 0) is 4.74 Å². The molecule has 0 aromatic carbocycles. The summed E-state index contributed by atoms with van der Waals surface area (Å²) < 4.78 is 31.5. The zero-order chi connectivity index (χ0) is 14.2. The molecule has 3 atom stereocenters. The van der Waals surface area contributed by atoms with Crippen LogP contribution in [-0.4, -0.2) is 38.6 Å². The molecule has 1 saturated heterocycles. The highest BCUT2D eigenvalue weighted by Crippen LogP contribution is 2.36. The molecule has 1 aromatic heterocycles. The van der Waals surface area contributed by atoms with Gasteiger partial charge in [0.25, 0.3) is 6.08 Å². The minimum atomic E-state index is -2.17. The van der Waals surface area contributed by atoms with E-state index in [4.69, 9.17) is 15.6 Å². The van der Waals surface area contributed by atoms with Crippen molar-refractivity contribution in [1.82, 2.24) is 9.55 Å². The van der Waals surface area contributed by atoms with Gasteiger partial charge in [0.15, 0.2) is 6.23 Å². The number of rotatable bonds is 2. The van der Waals surface area contributed by atoms with Crippen molar-refractivity contribution in [3.05, 3.63) is 34.4 Å². The number of aromatic nitrogens is 2. The van der Waals surface area contributed by atoms with Crippen molar-refractivity contribution in [3.8, 4) is 0 Å². The highest BCUT2D eigenvalue weighted by Gasteiger charge is 2.43. The minimum absolute atomic E-state index is 0.0650. The van der Waals surface area contributed by atoms with Crippen LogP contribution in [0, 0.1) is 0 Å². The maximum absolute atomic E-state index is 12.8. The molecule has 9 heteroatoms. The largest absolute Gasteiger partial charge is 0.394 e. The molecule has 19 heavy (non-hydrogen) atoms. The first-order valence-electron chi connectivity index (χ1n) is 5.29. The first-order chi connectivity index (χ1) is 8.95. The van der Waals surface area contributed by atoms with E-state index in [1.54, 1.807) is 0 Å². The number of anilines is 1. The molecular formula is C10H11F2N3O4. The van der Waals surface area contributed by atoms with Crippen LogP contribution in [0.3, 0.4) is 0 Å². The molecule has 1 aliphatic rings. The standard InChI is InChI=1S/C10H11F2N3O4/c11-8(12)6-7(17)4(3-16)19-9(6)15-2-1-5(13)14-10(15)18/h1-2,4,7,9,16-17H,3H2,(H2,13,14,18). The van der Waals surface area contributed by atoms with E-state index in [2.05, 4.69) is 4.98 Å². The van der Waals surface area contributed by atoms with Gasteiger partial charge in [-0.2, -0.15) is 13.8 Å². The maximum atomic E-state index is 12.8. The lowest BCUT2D eigenvalue weighted by atomic mass is 10.1. The van der Waals surface area contributed by atoms with Crippen LogP contribution in [0.5, 0.6) is 0 Å². The number of nitrogens with two attached hydrogens (primary N) is 1. The number of aliphatic hydroxyl groups is 2. The lowest BCUT2D eigenvalue weighted by Crippen LogP contribution is -2.28. The van der Waals surface area contributed by atoms with E-state index in [1.807, 2.05) is 0 Å². The van der Waals surface area contributed by atoms with Crippen LogP contribution in [0.2, 0.25) is 0 Å². The zero-order valence-electron chi connectivity index (χ0n) is 9.53. The number of nitrogens with zero attached hydrogens (tertiary/aromatic N) is 2. The Morgan fingerprint density at radius 2 is 2.26 bits per heavy atom. The van der Waals surface area contributed by atoms with Crippen LogP contribution in [0.4, 0.5) is 14.6 Å². The molecule has 2 rings (SSSR count). The fourth-order valence-corrected chi connectivity index (χ4v) is 1.83.